The van der Waals surface area contributed by atoms with Crippen molar-refractivity contribution < 1.29 is 0 Å². The molecule has 1 aromatic heterocycles. The van der Waals surface area contributed by atoms with Gasteiger partial charge in [-0.1, -0.05) is 54.6 Å². The molecular weight excluding hydrogens is 232 g/mol. The summed E-state index contributed by atoms with van der Waals surface area (Å²) < 4.78 is 0. The Morgan fingerprint density at radius 3 is 2.58 bits per heavy atom. The first-order valence-corrected chi connectivity index (χ1v) is 6.26. The van der Waals surface area contributed by atoms with Gasteiger partial charge < -0.3 is 0 Å². The van der Waals surface area contributed by atoms with E-state index in [4.69, 9.17) is 0 Å². The Morgan fingerprint density at radius 2 is 1.58 bits per heavy atom. The van der Waals surface area contributed by atoms with E-state index in [2.05, 4.69) is 64.9 Å². The number of nitrogens with zero attached hydrogens (tertiary/aromatic N) is 1. The highest BCUT2D eigenvalue weighted by molar-refractivity contribution is 6.04. The monoisotopic (exact) mass is 243 g/mol. The van der Waals surface area contributed by atoms with E-state index in [9.17, 15) is 0 Å². The molecule has 4 rings (SSSR count). The summed E-state index contributed by atoms with van der Waals surface area (Å²) in [5, 5.41) is 10.5. The van der Waals surface area contributed by atoms with E-state index in [0.29, 0.717) is 0 Å². The highest BCUT2D eigenvalue weighted by Gasteiger charge is 2.08. The summed E-state index contributed by atoms with van der Waals surface area (Å²) in [5.41, 5.74) is 3.41. The van der Waals surface area contributed by atoms with Crippen molar-refractivity contribution >= 4 is 21.7 Å². The zero-order chi connectivity index (χ0) is 12.7. The Labute approximate surface area is 110 Å². The summed E-state index contributed by atoms with van der Waals surface area (Å²) in [6, 6.07) is 21.0. The molecule has 0 aliphatic carbocycles. The van der Waals surface area contributed by atoms with Crippen molar-refractivity contribution in [2.45, 2.75) is 0 Å². The molecule has 1 heterocycles. The summed E-state index contributed by atoms with van der Waals surface area (Å²) in [5.74, 6) is 0. The van der Waals surface area contributed by atoms with Crippen LogP contribution in [0.2, 0.25) is 0 Å². The van der Waals surface area contributed by atoms with Crippen LogP contribution in [0.3, 0.4) is 0 Å². The summed E-state index contributed by atoms with van der Waals surface area (Å²) in [4.78, 5) is 0. The lowest BCUT2D eigenvalue weighted by Gasteiger charge is -2.07. The fourth-order valence-electron chi connectivity index (χ4n) is 2.59. The van der Waals surface area contributed by atoms with Gasteiger partial charge in [0, 0.05) is 5.39 Å². The van der Waals surface area contributed by atoms with Crippen LogP contribution in [0.4, 0.5) is 0 Å². The quantitative estimate of drug-likeness (QED) is 0.533. The molecule has 2 nitrogen and oxygen atoms in total. The molecule has 0 spiro atoms. The van der Waals surface area contributed by atoms with Crippen molar-refractivity contribution in [3.63, 3.8) is 0 Å². The van der Waals surface area contributed by atoms with Crippen LogP contribution >= 0.6 is 0 Å². The third kappa shape index (κ3) is 1.54. The Kier molecular flexibility index (Phi) is 2.15. The first-order chi connectivity index (χ1) is 9.43. The number of hydrogen-bond acceptors (Lipinski definition) is 1. The van der Waals surface area contributed by atoms with Crippen LogP contribution < -0.4 is 0 Å². The molecule has 3 aromatic carbocycles. The van der Waals surface area contributed by atoms with Gasteiger partial charge in [0.1, 0.15) is 6.20 Å². The molecule has 0 aliphatic heterocycles. The van der Waals surface area contributed by atoms with Crippen LogP contribution in [0.25, 0.3) is 32.8 Å². The number of benzene rings is 3. The van der Waals surface area contributed by atoms with Crippen molar-refractivity contribution in [3.8, 4) is 11.1 Å². The lowest BCUT2D eigenvalue weighted by atomic mass is 9.96. The number of H-pyrrole nitrogens is 1. The number of rotatable bonds is 1. The molecule has 1 radical (unpaired) electrons. The summed E-state index contributed by atoms with van der Waals surface area (Å²) in [6.07, 6.45) is 3.05. The molecular formula is C17H11N2. The van der Waals surface area contributed by atoms with Crippen molar-refractivity contribution in [1.82, 2.24) is 10.2 Å². The third-order valence-corrected chi connectivity index (χ3v) is 3.49. The largest absolute Gasteiger partial charge is 0.277 e. The Balaban J connectivity index is 2.12. The van der Waals surface area contributed by atoms with Gasteiger partial charge in [-0.25, -0.2) is 0 Å². The van der Waals surface area contributed by atoms with Gasteiger partial charge in [0.05, 0.1) is 5.52 Å². The van der Waals surface area contributed by atoms with Gasteiger partial charge >= 0.3 is 0 Å². The van der Waals surface area contributed by atoms with E-state index in [1.807, 2.05) is 12.1 Å². The molecule has 0 aliphatic rings. The number of aromatic nitrogens is 2. The van der Waals surface area contributed by atoms with Crippen LogP contribution in [0.5, 0.6) is 0 Å². The van der Waals surface area contributed by atoms with Gasteiger partial charge in [0.15, 0.2) is 0 Å². The zero-order valence-corrected chi connectivity index (χ0v) is 10.2. The van der Waals surface area contributed by atoms with E-state index >= 15 is 0 Å². The minimum absolute atomic E-state index is 1.02. The average Bonchev–Trinajstić information content (AvgIpc) is 2.95. The van der Waals surface area contributed by atoms with Crippen LogP contribution in [0.15, 0.2) is 60.7 Å². The van der Waals surface area contributed by atoms with Gasteiger partial charge in [-0.3, -0.25) is 5.10 Å². The van der Waals surface area contributed by atoms with E-state index in [-0.39, 0.29) is 0 Å². The highest BCUT2D eigenvalue weighted by atomic mass is 15.1. The van der Waals surface area contributed by atoms with E-state index in [1.165, 1.54) is 21.9 Å². The molecule has 0 atom stereocenters. The third-order valence-electron chi connectivity index (χ3n) is 3.49. The second kappa shape index (κ2) is 3.95. The topological polar surface area (TPSA) is 28.7 Å². The molecule has 19 heavy (non-hydrogen) atoms. The fraction of sp³-hybridized carbons (Fsp3) is 0. The summed E-state index contributed by atoms with van der Waals surface area (Å²) >= 11 is 0. The maximum Gasteiger partial charge on any atom is 0.121 e. The van der Waals surface area contributed by atoms with E-state index in [0.717, 1.165) is 10.9 Å². The predicted octanol–water partition coefficient (Wildman–Crippen LogP) is 4.18. The first-order valence-electron chi connectivity index (χ1n) is 6.26. The second-order valence-electron chi connectivity index (χ2n) is 4.59. The summed E-state index contributed by atoms with van der Waals surface area (Å²) in [7, 11) is 0. The van der Waals surface area contributed by atoms with Gasteiger partial charge in [0.25, 0.3) is 0 Å². The van der Waals surface area contributed by atoms with Crippen molar-refractivity contribution in [3.05, 3.63) is 66.9 Å². The van der Waals surface area contributed by atoms with Gasteiger partial charge in [0.2, 0.25) is 0 Å². The van der Waals surface area contributed by atoms with Gasteiger partial charge in [-0.15, -0.1) is 0 Å². The molecule has 0 saturated carbocycles. The smallest absolute Gasteiger partial charge is 0.121 e. The van der Waals surface area contributed by atoms with Crippen molar-refractivity contribution in [2.24, 2.45) is 0 Å². The Morgan fingerprint density at radius 1 is 0.789 bits per heavy atom. The number of hydrogen-bond donors (Lipinski definition) is 1. The molecule has 89 valence electrons. The first kappa shape index (κ1) is 10.3. The van der Waals surface area contributed by atoms with Crippen LogP contribution in [-0.2, 0) is 0 Å². The standard InChI is InChI=1S/C17H11N2/c1-2-7-13-12(5-1)6-3-8-14(13)15-9-4-10-17-16(15)11-18-19-17/h1-10H,(H,18,19). The van der Waals surface area contributed by atoms with Crippen LogP contribution in [-0.4, -0.2) is 10.2 Å². The predicted molar refractivity (Wildman–Crippen MR) is 77.9 cm³/mol. The second-order valence-corrected chi connectivity index (χ2v) is 4.59. The highest BCUT2D eigenvalue weighted by Crippen LogP contribution is 2.32. The number of aromatic amines is 1. The molecule has 4 aromatic rings. The van der Waals surface area contributed by atoms with E-state index < -0.39 is 0 Å². The summed E-state index contributed by atoms with van der Waals surface area (Å²) in [6.45, 7) is 0. The Bertz CT molecular complexity index is 869. The molecule has 0 saturated heterocycles. The number of nitrogens with one attached hydrogen (secondary N) is 1. The number of fused-ring (bicyclic) bond motifs is 2. The lowest BCUT2D eigenvalue weighted by Crippen LogP contribution is -1.82. The van der Waals surface area contributed by atoms with Gasteiger partial charge in [-0.2, -0.15) is 5.10 Å². The van der Waals surface area contributed by atoms with Crippen molar-refractivity contribution in [1.29, 1.82) is 0 Å². The average molecular weight is 243 g/mol. The SMILES string of the molecule is [c]1n[nH]c2cccc(-c3cccc4ccccc34)c12. The molecule has 2 heteroatoms. The fourth-order valence-corrected chi connectivity index (χ4v) is 2.59. The van der Waals surface area contributed by atoms with Gasteiger partial charge in [-0.05, 0) is 28.0 Å². The zero-order valence-electron chi connectivity index (χ0n) is 10.2. The maximum atomic E-state index is 4.02. The molecule has 0 bridgehead atoms. The lowest BCUT2D eigenvalue weighted by molar-refractivity contribution is 1.11. The Hall–Kier alpha value is -2.61. The maximum absolute atomic E-state index is 4.02. The minimum Gasteiger partial charge on any atom is -0.277 e. The van der Waals surface area contributed by atoms with Crippen LogP contribution in [0, 0.1) is 6.20 Å². The van der Waals surface area contributed by atoms with Crippen molar-refractivity contribution in [2.75, 3.05) is 0 Å². The van der Waals surface area contributed by atoms with E-state index in [1.54, 1.807) is 0 Å². The van der Waals surface area contributed by atoms with Crippen LogP contribution in [0.1, 0.15) is 0 Å². The molecule has 0 fully saturated rings. The minimum atomic E-state index is 1.02. The molecule has 0 amide bonds. The normalized spacial score (nSPS) is 11.2. The molecule has 0 unspecified atom stereocenters. The molecule has 1 N–H and O–H groups in total.